The second-order valence-electron chi connectivity index (χ2n) is 6.08. The van der Waals surface area contributed by atoms with Crippen LogP contribution in [0.2, 0.25) is 0 Å². The number of allylic oxidation sites excluding steroid dienone is 1. The van der Waals surface area contributed by atoms with Gasteiger partial charge >= 0.3 is 0 Å². The number of nitrogens with two attached hydrogens (primary N) is 1. The summed E-state index contributed by atoms with van der Waals surface area (Å²) in [4.78, 5) is 0. The summed E-state index contributed by atoms with van der Waals surface area (Å²) >= 11 is 0. The topological polar surface area (TPSA) is 26.0 Å². The SMILES string of the molecule is NC(CC1CCCCC1)C1=CCCCCCC1. The van der Waals surface area contributed by atoms with E-state index in [1.165, 1.54) is 77.0 Å². The van der Waals surface area contributed by atoms with Gasteiger partial charge in [-0.05, 0) is 38.0 Å². The van der Waals surface area contributed by atoms with Crippen molar-refractivity contribution in [3.8, 4) is 0 Å². The van der Waals surface area contributed by atoms with Gasteiger partial charge in [0, 0.05) is 6.04 Å². The van der Waals surface area contributed by atoms with Gasteiger partial charge in [-0.2, -0.15) is 0 Å². The molecule has 2 N–H and O–H groups in total. The highest BCUT2D eigenvalue weighted by Crippen LogP contribution is 2.29. The van der Waals surface area contributed by atoms with Crippen LogP contribution in [0.4, 0.5) is 0 Å². The van der Waals surface area contributed by atoms with E-state index >= 15 is 0 Å². The van der Waals surface area contributed by atoms with E-state index in [1.54, 1.807) is 5.57 Å². The van der Waals surface area contributed by atoms with Gasteiger partial charge in [0.1, 0.15) is 0 Å². The van der Waals surface area contributed by atoms with Crippen LogP contribution in [0.25, 0.3) is 0 Å². The molecule has 17 heavy (non-hydrogen) atoms. The molecule has 1 heteroatoms. The Hall–Kier alpha value is -0.300. The number of hydrogen-bond donors (Lipinski definition) is 1. The Balaban J connectivity index is 1.81. The zero-order valence-corrected chi connectivity index (χ0v) is 11.3. The number of hydrogen-bond acceptors (Lipinski definition) is 1. The highest BCUT2D eigenvalue weighted by atomic mass is 14.6. The van der Waals surface area contributed by atoms with Crippen LogP contribution in [0.5, 0.6) is 0 Å². The number of rotatable bonds is 3. The molecule has 0 aromatic rings. The van der Waals surface area contributed by atoms with Gasteiger partial charge in [-0.3, -0.25) is 0 Å². The van der Waals surface area contributed by atoms with Gasteiger partial charge in [-0.15, -0.1) is 0 Å². The molecule has 0 aromatic heterocycles. The molecule has 2 aliphatic rings. The summed E-state index contributed by atoms with van der Waals surface area (Å²) in [7, 11) is 0. The average Bonchev–Trinajstić information content (AvgIpc) is 2.29. The van der Waals surface area contributed by atoms with Crippen LogP contribution >= 0.6 is 0 Å². The van der Waals surface area contributed by atoms with Crippen molar-refractivity contribution in [3.05, 3.63) is 11.6 Å². The highest BCUT2D eigenvalue weighted by Gasteiger charge is 2.19. The molecule has 2 rings (SSSR count). The maximum Gasteiger partial charge on any atom is 0.0256 e. The largest absolute Gasteiger partial charge is 0.324 e. The van der Waals surface area contributed by atoms with Crippen LogP contribution in [0.15, 0.2) is 11.6 Å². The molecule has 2 aliphatic carbocycles. The molecule has 0 bridgehead atoms. The lowest BCUT2D eigenvalue weighted by atomic mass is 9.82. The fourth-order valence-corrected chi connectivity index (χ4v) is 3.49. The molecule has 1 unspecified atom stereocenters. The van der Waals surface area contributed by atoms with E-state index in [2.05, 4.69) is 6.08 Å². The second kappa shape index (κ2) is 7.20. The van der Waals surface area contributed by atoms with Gasteiger partial charge < -0.3 is 5.73 Å². The summed E-state index contributed by atoms with van der Waals surface area (Å²) in [6, 6.07) is 0.371. The molecule has 1 atom stereocenters. The molecular formula is C16H29N. The van der Waals surface area contributed by atoms with E-state index in [0.717, 1.165) is 5.92 Å². The minimum Gasteiger partial charge on any atom is -0.324 e. The molecule has 0 aliphatic heterocycles. The van der Waals surface area contributed by atoms with Gasteiger partial charge in [0.05, 0.1) is 0 Å². The molecule has 0 aromatic carbocycles. The van der Waals surface area contributed by atoms with Crippen molar-refractivity contribution in [2.45, 2.75) is 83.1 Å². The molecule has 98 valence electrons. The van der Waals surface area contributed by atoms with Crippen LogP contribution < -0.4 is 5.73 Å². The Kier molecular flexibility index (Phi) is 5.57. The predicted molar refractivity (Wildman–Crippen MR) is 75.0 cm³/mol. The molecule has 0 amide bonds. The van der Waals surface area contributed by atoms with Crippen molar-refractivity contribution in [1.82, 2.24) is 0 Å². The van der Waals surface area contributed by atoms with E-state index in [9.17, 15) is 0 Å². The van der Waals surface area contributed by atoms with Crippen molar-refractivity contribution in [2.75, 3.05) is 0 Å². The van der Waals surface area contributed by atoms with Gasteiger partial charge in [0.2, 0.25) is 0 Å². The van der Waals surface area contributed by atoms with E-state index < -0.39 is 0 Å². The predicted octanol–water partition coefficient (Wildman–Crippen LogP) is 4.56. The quantitative estimate of drug-likeness (QED) is 0.713. The molecule has 0 saturated heterocycles. The minimum absolute atomic E-state index is 0.371. The molecule has 0 spiro atoms. The van der Waals surface area contributed by atoms with Crippen LogP contribution in [0.3, 0.4) is 0 Å². The molecule has 1 saturated carbocycles. The lowest BCUT2D eigenvalue weighted by Gasteiger charge is -2.26. The first-order valence-corrected chi connectivity index (χ1v) is 7.81. The summed E-state index contributed by atoms with van der Waals surface area (Å²) in [5.41, 5.74) is 8.01. The maximum atomic E-state index is 6.43. The van der Waals surface area contributed by atoms with E-state index in [4.69, 9.17) is 5.73 Å². The summed E-state index contributed by atoms with van der Waals surface area (Å²) in [6.07, 6.45) is 19.0. The lowest BCUT2D eigenvalue weighted by Crippen LogP contribution is -2.27. The Morgan fingerprint density at radius 1 is 1.00 bits per heavy atom. The molecule has 1 nitrogen and oxygen atoms in total. The molecular weight excluding hydrogens is 206 g/mol. The minimum atomic E-state index is 0.371. The standard InChI is InChI=1S/C16H29N/c17-16(13-14-9-5-4-6-10-14)15-11-7-2-1-3-8-12-15/h11,14,16H,1-10,12-13,17H2. The molecule has 0 radical (unpaired) electrons. The maximum absolute atomic E-state index is 6.43. The zero-order chi connectivity index (χ0) is 11.9. The van der Waals surface area contributed by atoms with Crippen LogP contribution in [-0.4, -0.2) is 6.04 Å². The third-order valence-electron chi connectivity index (χ3n) is 4.61. The van der Waals surface area contributed by atoms with E-state index in [0.29, 0.717) is 6.04 Å². The highest BCUT2D eigenvalue weighted by molar-refractivity contribution is 5.11. The first-order valence-electron chi connectivity index (χ1n) is 7.81. The Morgan fingerprint density at radius 2 is 1.71 bits per heavy atom. The van der Waals surface area contributed by atoms with Crippen molar-refractivity contribution in [1.29, 1.82) is 0 Å². The third-order valence-corrected chi connectivity index (χ3v) is 4.61. The van der Waals surface area contributed by atoms with Crippen molar-refractivity contribution >= 4 is 0 Å². The van der Waals surface area contributed by atoms with Crippen molar-refractivity contribution in [2.24, 2.45) is 11.7 Å². The van der Waals surface area contributed by atoms with Crippen molar-refractivity contribution in [3.63, 3.8) is 0 Å². The van der Waals surface area contributed by atoms with Crippen LogP contribution in [0, 0.1) is 5.92 Å². The van der Waals surface area contributed by atoms with Gasteiger partial charge in [-0.25, -0.2) is 0 Å². The van der Waals surface area contributed by atoms with Gasteiger partial charge in [0.15, 0.2) is 0 Å². The summed E-state index contributed by atoms with van der Waals surface area (Å²) in [6.45, 7) is 0. The lowest BCUT2D eigenvalue weighted by molar-refractivity contribution is 0.324. The molecule has 0 heterocycles. The second-order valence-corrected chi connectivity index (χ2v) is 6.08. The Bertz CT molecular complexity index is 238. The van der Waals surface area contributed by atoms with Crippen molar-refractivity contribution < 1.29 is 0 Å². The van der Waals surface area contributed by atoms with E-state index in [1.807, 2.05) is 0 Å². The first-order chi connectivity index (χ1) is 8.36. The average molecular weight is 235 g/mol. The Morgan fingerprint density at radius 3 is 2.53 bits per heavy atom. The van der Waals surface area contributed by atoms with Gasteiger partial charge in [-0.1, -0.05) is 56.6 Å². The monoisotopic (exact) mass is 235 g/mol. The summed E-state index contributed by atoms with van der Waals surface area (Å²) in [5.74, 6) is 0.921. The van der Waals surface area contributed by atoms with Gasteiger partial charge in [0.25, 0.3) is 0 Å². The Labute approximate surface area is 107 Å². The zero-order valence-electron chi connectivity index (χ0n) is 11.3. The van der Waals surface area contributed by atoms with E-state index in [-0.39, 0.29) is 0 Å². The third kappa shape index (κ3) is 4.46. The summed E-state index contributed by atoms with van der Waals surface area (Å²) in [5, 5.41) is 0. The fraction of sp³-hybridized carbons (Fsp3) is 0.875. The normalized spacial score (nSPS) is 25.8. The first kappa shape index (κ1) is 13.1. The summed E-state index contributed by atoms with van der Waals surface area (Å²) < 4.78 is 0. The van der Waals surface area contributed by atoms with Crippen LogP contribution in [0.1, 0.15) is 77.0 Å². The molecule has 1 fully saturated rings. The van der Waals surface area contributed by atoms with Crippen LogP contribution in [-0.2, 0) is 0 Å². The fourth-order valence-electron chi connectivity index (χ4n) is 3.49. The smallest absolute Gasteiger partial charge is 0.0256 e.